The van der Waals surface area contributed by atoms with E-state index >= 15 is 0 Å². The molecule has 3 unspecified atom stereocenters. The topological polar surface area (TPSA) is 66.7 Å². The van der Waals surface area contributed by atoms with Crippen LogP contribution in [0.4, 0.5) is 10.6 Å². The van der Waals surface area contributed by atoms with Crippen molar-refractivity contribution in [1.82, 2.24) is 24.4 Å². The maximum atomic E-state index is 12.3. The highest BCUT2D eigenvalue weighted by Gasteiger charge is 2.47. The zero-order chi connectivity index (χ0) is 18.6. The zero-order valence-electron chi connectivity index (χ0n) is 14.6. The van der Waals surface area contributed by atoms with Crippen molar-refractivity contribution in [2.75, 3.05) is 24.8 Å². The Labute approximate surface area is 171 Å². The molecule has 5 rings (SSSR count). The second kappa shape index (κ2) is 6.61. The Morgan fingerprint density at radius 2 is 2.19 bits per heavy atom. The molecule has 3 aliphatic heterocycles. The minimum Gasteiger partial charge on any atom is -0.444 e. The van der Waals surface area contributed by atoms with Gasteiger partial charge in [0.15, 0.2) is 5.82 Å². The lowest BCUT2D eigenvalue weighted by Gasteiger charge is -2.57. The molecule has 8 nitrogen and oxygen atoms in total. The zero-order valence-corrected chi connectivity index (χ0v) is 18.5. The molecule has 3 saturated heterocycles. The summed E-state index contributed by atoms with van der Waals surface area (Å²) in [5.74, 6) is 0.869. The number of hydrogen-bond acceptors (Lipinski definition) is 6. The number of amides is 1. The minimum atomic E-state index is -0.491. The van der Waals surface area contributed by atoms with Crippen LogP contribution in [0.15, 0.2) is 12.3 Å². The van der Waals surface area contributed by atoms with E-state index in [4.69, 9.17) is 21.4 Å². The summed E-state index contributed by atoms with van der Waals surface area (Å²) in [6, 6.07) is 2.03. The van der Waals surface area contributed by atoms with Gasteiger partial charge in [0.1, 0.15) is 10.8 Å². The Bertz CT molecular complexity index is 860. The van der Waals surface area contributed by atoms with Gasteiger partial charge < -0.3 is 4.74 Å². The third-order valence-corrected chi connectivity index (χ3v) is 6.38. The maximum Gasteiger partial charge on any atom is 0.411 e. The summed E-state index contributed by atoms with van der Waals surface area (Å²) in [5.41, 5.74) is 0.484. The van der Waals surface area contributed by atoms with Crippen LogP contribution in [0.25, 0.3) is 10.9 Å². The van der Waals surface area contributed by atoms with Crippen LogP contribution in [0.5, 0.6) is 0 Å². The monoisotopic (exact) mass is 508 g/mol. The van der Waals surface area contributed by atoms with E-state index in [0.717, 1.165) is 23.3 Å². The summed E-state index contributed by atoms with van der Waals surface area (Å²) in [6.45, 7) is 7.65. The van der Waals surface area contributed by atoms with Gasteiger partial charge in [-0.3, -0.25) is 9.91 Å². The molecule has 0 aromatic carbocycles. The molecule has 2 aromatic rings. The van der Waals surface area contributed by atoms with Gasteiger partial charge in [0.25, 0.3) is 0 Å². The molecule has 3 fully saturated rings. The number of carbonyl (C=O) groups excluding carboxylic acids is 1. The molecular weight excluding hydrogens is 490 g/mol. The number of rotatable bonds is 2. The highest BCUT2D eigenvalue weighted by Crippen LogP contribution is 2.39. The highest BCUT2D eigenvalue weighted by molar-refractivity contribution is 14.2. The summed E-state index contributed by atoms with van der Waals surface area (Å²) < 4.78 is 7.43. The van der Waals surface area contributed by atoms with E-state index in [1.807, 2.05) is 31.3 Å². The Kier molecular flexibility index (Phi) is 4.70. The van der Waals surface area contributed by atoms with E-state index < -0.39 is 5.60 Å². The number of hydrazine groups is 1. The number of hydrogen-bond donors (Lipinski definition) is 0. The number of ether oxygens (including phenoxy) is 1. The summed E-state index contributed by atoms with van der Waals surface area (Å²) in [6.07, 6.45) is 1.96. The van der Waals surface area contributed by atoms with Gasteiger partial charge in [0.2, 0.25) is 0 Å². The number of pyridine rings is 1. The van der Waals surface area contributed by atoms with Crippen LogP contribution < -0.4 is 5.01 Å². The third-order valence-electron chi connectivity index (χ3n) is 4.30. The lowest BCUT2D eigenvalue weighted by Crippen LogP contribution is -2.75. The van der Waals surface area contributed by atoms with E-state index in [9.17, 15) is 4.79 Å². The second-order valence-electron chi connectivity index (χ2n) is 7.38. The van der Waals surface area contributed by atoms with Crippen LogP contribution in [-0.2, 0) is 4.74 Å². The molecule has 5 heterocycles. The van der Waals surface area contributed by atoms with E-state index in [0.29, 0.717) is 24.7 Å². The van der Waals surface area contributed by atoms with Crippen LogP contribution in [0, 0.1) is 0 Å². The molecule has 3 aliphatic rings. The van der Waals surface area contributed by atoms with Crippen LogP contribution in [0.2, 0.25) is 5.15 Å². The van der Waals surface area contributed by atoms with Gasteiger partial charge in [-0.05, 0) is 42.8 Å². The predicted molar refractivity (Wildman–Crippen MR) is 111 cm³/mol. The van der Waals surface area contributed by atoms with Gasteiger partial charge in [0, 0.05) is 25.4 Å². The molecule has 26 heavy (non-hydrogen) atoms. The molecule has 0 radical (unpaired) electrons. The summed E-state index contributed by atoms with van der Waals surface area (Å²) in [5, 5.41) is 10.4. The largest absolute Gasteiger partial charge is 0.444 e. The first-order valence-electron chi connectivity index (χ1n) is 8.20. The summed E-state index contributed by atoms with van der Waals surface area (Å²) in [7, 11) is 0. The molecule has 11 heteroatoms. The van der Waals surface area contributed by atoms with Crippen molar-refractivity contribution in [3.8, 4) is 0 Å². The molecule has 3 atom stereocenters. The minimum absolute atomic E-state index is 0.191. The Morgan fingerprint density at radius 1 is 1.42 bits per heavy atom. The molecule has 0 saturated carbocycles. The van der Waals surface area contributed by atoms with E-state index in [-0.39, 0.29) is 12.1 Å². The predicted octanol–water partition coefficient (Wildman–Crippen LogP) is 3.49. The van der Waals surface area contributed by atoms with Gasteiger partial charge in [-0.1, -0.05) is 11.6 Å². The van der Waals surface area contributed by atoms with Crippen LogP contribution in [0.3, 0.4) is 0 Å². The van der Waals surface area contributed by atoms with Crippen molar-refractivity contribution in [2.24, 2.45) is 0 Å². The van der Waals surface area contributed by atoms with Gasteiger partial charge >= 0.3 is 6.09 Å². The average Bonchev–Trinajstić information content (AvgIpc) is 2.90. The Morgan fingerprint density at radius 3 is 2.81 bits per heavy atom. The van der Waals surface area contributed by atoms with Gasteiger partial charge in [-0.25, -0.2) is 14.2 Å². The standard InChI is InChI=1S/C15H19ClIN6O2P/c1-15(2,3)25-14(24)20-6-9-7-21(8-20)22(9)13-10-5-18-12(16)4-11(10)23(19-13)26-17/h4-5,9,26H,6-8H2,1-3H3. The molecule has 140 valence electrons. The van der Waals surface area contributed by atoms with Crippen molar-refractivity contribution in [3.05, 3.63) is 17.4 Å². The summed E-state index contributed by atoms with van der Waals surface area (Å²) in [4.78, 5) is 18.3. The van der Waals surface area contributed by atoms with Crippen molar-refractivity contribution in [1.29, 1.82) is 0 Å². The first-order chi connectivity index (χ1) is 12.3. The molecule has 0 spiro atoms. The molecule has 0 N–H and O–H groups in total. The number of nitrogens with zero attached hydrogens (tertiary/aromatic N) is 6. The fraction of sp³-hybridized carbons (Fsp3) is 0.533. The van der Waals surface area contributed by atoms with Crippen LogP contribution in [0.1, 0.15) is 20.8 Å². The molecule has 2 aromatic heterocycles. The fourth-order valence-electron chi connectivity index (χ4n) is 3.28. The van der Waals surface area contributed by atoms with Crippen LogP contribution >= 0.6 is 40.0 Å². The van der Waals surface area contributed by atoms with Gasteiger partial charge in [-0.15, -0.1) is 5.10 Å². The van der Waals surface area contributed by atoms with E-state index in [2.05, 4.69) is 37.0 Å². The Balaban J connectivity index is 1.57. The first-order valence-corrected chi connectivity index (χ1v) is 12.6. The van der Waals surface area contributed by atoms with Gasteiger partial charge in [0.05, 0.1) is 30.0 Å². The first kappa shape index (κ1) is 18.5. The molecule has 1 amide bonds. The third kappa shape index (κ3) is 3.23. The second-order valence-corrected chi connectivity index (χ2v) is 9.80. The smallest absolute Gasteiger partial charge is 0.411 e. The SMILES string of the molecule is CC(C)(C)OC(=O)N1CC2CN(C1)N2c1nn(PI)c2cc(Cl)ncc12. The lowest BCUT2D eigenvalue weighted by atomic mass is 10.1. The summed E-state index contributed by atoms with van der Waals surface area (Å²) >= 11 is 8.35. The molecule has 0 aliphatic carbocycles. The number of fused-ring (bicyclic) bond motifs is 3. The number of carbonyl (C=O) groups is 1. The maximum absolute atomic E-state index is 12.3. The number of aromatic nitrogens is 3. The highest BCUT2D eigenvalue weighted by atomic mass is 127. The number of anilines is 1. The molecular formula is C15H19ClIN6O2P. The normalized spacial score (nSPS) is 23.0. The fourth-order valence-corrected chi connectivity index (χ4v) is 4.95. The van der Waals surface area contributed by atoms with E-state index in [1.165, 1.54) is 0 Å². The van der Waals surface area contributed by atoms with Crippen molar-refractivity contribution in [2.45, 2.75) is 32.4 Å². The molecule has 2 bridgehead atoms. The van der Waals surface area contributed by atoms with Crippen molar-refractivity contribution < 1.29 is 9.53 Å². The van der Waals surface area contributed by atoms with Crippen molar-refractivity contribution >= 4 is 62.8 Å². The van der Waals surface area contributed by atoms with E-state index in [1.54, 1.807) is 11.1 Å². The average molecular weight is 509 g/mol. The quantitative estimate of drug-likeness (QED) is 0.352. The Hall–Kier alpha value is -0.900. The van der Waals surface area contributed by atoms with Gasteiger partial charge in [-0.2, -0.15) is 5.01 Å². The van der Waals surface area contributed by atoms with Crippen LogP contribution in [-0.4, -0.2) is 61.9 Å². The van der Waals surface area contributed by atoms with Crippen molar-refractivity contribution in [3.63, 3.8) is 0 Å². The lowest BCUT2D eigenvalue weighted by molar-refractivity contribution is -0.0459. The number of halogens is 2.